The zero-order chi connectivity index (χ0) is 13.0. The molecule has 0 saturated heterocycles. The molecule has 0 aliphatic heterocycles. The first-order chi connectivity index (χ1) is 8.53. The Hall–Kier alpha value is -1.20. The summed E-state index contributed by atoms with van der Waals surface area (Å²) in [5, 5.41) is 13.9. The fraction of sp³-hybridized carbons (Fsp3) is 0.538. The van der Waals surface area contributed by atoms with Crippen LogP contribution in [0.5, 0.6) is 0 Å². The minimum Gasteiger partial charge on any atom is -0.469 e. The lowest BCUT2D eigenvalue weighted by molar-refractivity contribution is 0.423. The van der Waals surface area contributed by atoms with E-state index in [1.807, 2.05) is 12.1 Å². The van der Waals surface area contributed by atoms with Crippen molar-refractivity contribution in [3.05, 3.63) is 34.2 Å². The third-order valence-electron chi connectivity index (χ3n) is 2.44. The van der Waals surface area contributed by atoms with Crippen molar-refractivity contribution in [2.24, 2.45) is 0 Å². The molecule has 98 valence electrons. The Balaban J connectivity index is 1.82. The lowest BCUT2D eigenvalue weighted by Crippen LogP contribution is -2.35. The molecule has 2 aromatic rings. The Morgan fingerprint density at radius 3 is 2.67 bits per heavy atom. The summed E-state index contributed by atoms with van der Waals surface area (Å²) >= 11 is 1.67. The molecular formula is C13H19N3OS. The molecule has 0 amide bonds. The first-order valence-corrected chi connectivity index (χ1v) is 6.93. The highest BCUT2D eigenvalue weighted by molar-refractivity contribution is 7.11. The quantitative estimate of drug-likeness (QED) is 0.903. The molecule has 0 fully saturated rings. The van der Waals surface area contributed by atoms with E-state index >= 15 is 0 Å². The lowest BCUT2D eigenvalue weighted by Gasteiger charge is -2.19. The van der Waals surface area contributed by atoms with Gasteiger partial charge in [-0.2, -0.15) is 0 Å². The fourth-order valence-electron chi connectivity index (χ4n) is 1.49. The summed E-state index contributed by atoms with van der Waals surface area (Å²) in [6.45, 7) is 7.21. The molecule has 5 heteroatoms. The molecule has 18 heavy (non-hydrogen) atoms. The van der Waals surface area contributed by atoms with E-state index in [0.29, 0.717) is 0 Å². The topological polar surface area (TPSA) is 51.0 Å². The van der Waals surface area contributed by atoms with Gasteiger partial charge in [0.15, 0.2) is 0 Å². The van der Waals surface area contributed by atoms with Crippen molar-refractivity contribution in [2.45, 2.75) is 45.7 Å². The fourth-order valence-corrected chi connectivity index (χ4v) is 2.27. The van der Waals surface area contributed by atoms with Gasteiger partial charge < -0.3 is 9.73 Å². The monoisotopic (exact) mass is 265 g/mol. The van der Waals surface area contributed by atoms with Crippen LogP contribution in [0.3, 0.4) is 0 Å². The van der Waals surface area contributed by atoms with E-state index in [9.17, 15) is 0 Å². The molecule has 0 saturated carbocycles. The molecule has 0 aliphatic rings. The van der Waals surface area contributed by atoms with Gasteiger partial charge in [0.2, 0.25) is 0 Å². The van der Waals surface area contributed by atoms with Crippen molar-refractivity contribution in [3.63, 3.8) is 0 Å². The van der Waals surface area contributed by atoms with Crippen molar-refractivity contribution >= 4 is 11.3 Å². The summed E-state index contributed by atoms with van der Waals surface area (Å²) in [6, 6.07) is 3.90. The van der Waals surface area contributed by atoms with Crippen molar-refractivity contribution in [2.75, 3.05) is 0 Å². The van der Waals surface area contributed by atoms with Gasteiger partial charge in [-0.1, -0.05) is 0 Å². The summed E-state index contributed by atoms with van der Waals surface area (Å²) in [7, 11) is 0. The van der Waals surface area contributed by atoms with E-state index in [1.54, 1.807) is 17.6 Å². The smallest absolute Gasteiger partial charge is 0.131 e. The summed E-state index contributed by atoms with van der Waals surface area (Å²) in [4.78, 5) is 0. The normalized spacial score (nSPS) is 11.9. The maximum Gasteiger partial charge on any atom is 0.131 e. The Kier molecular flexibility index (Phi) is 4.14. The molecule has 2 aromatic heterocycles. The zero-order valence-corrected chi connectivity index (χ0v) is 11.9. The highest BCUT2D eigenvalue weighted by Gasteiger charge is 2.11. The zero-order valence-electron chi connectivity index (χ0n) is 11.1. The predicted octanol–water partition coefficient (Wildman–Crippen LogP) is 2.80. The second kappa shape index (κ2) is 5.63. The third-order valence-corrected chi connectivity index (χ3v) is 3.43. The molecule has 2 heterocycles. The van der Waals surface area contributed by atoms with Crippen LogP contribution in [0.15, 0.2) is 22.8 Å². The van der Waals surface area contributed by atoms with Crippen molar-refractivity contribution in [1.82, 2.24) is 15.5 Å². The number of furan rings is 1. The first-order valence-electron chi connectivity index (χ1n) is 6.11. The molecule has 0 radical (unpaired) electrons. The second-order valence-electron chi connectivity index (χ2n) is 5.27. The Labute approximate surface area is 111 Å². The first kappa shape index (κ1) is 13.2. The average Bonchev–Trinajstić information content (AvgIpc) is 2.94. The predicted molar refractivity (Wildman–Crippen MR) is 72.6 cm³/mol. The Bertz CT molecular complexity index is 471. The van der Waals surface area contributed by atoms with E-state index in [0.717, 1.165) is 35.2 Å². The van der Waals surface area contributed by atoms with Crippen LogP contribution in [0.1, 0.15) is 36.5 Å². The second-order valence-corrected chi connectivity index (χ2v) is 6.42. The number of nitrogens with one attached hydrogen (secondary N) is 1. The van der Waals surface area contributed by atoms with E-state index in [-0.39, 0.29) is 5.54 Å². The number of hydrogen-bond acceptors (Lipinski definition) is 5. The van der Waals surface area contributed by atoms with Gasteiger partial charge in [0.1, 0.15) is 15.8 Å². The summed E-state index contributed by atoms with van der Waals surface area (Å²) in [6.07, 6.45) is 3.48. The van der Waals surface area contributed by atoms with Crippen LogP contribution in [-0.4, -0.2) is 15.7 Å². The number of aromatic nitrogens is 2. The maximum absolute atomic E-state index is 5.30. The number of hydrogen-bond donors (Lipinski definition) is 1. The molecule has 4 nitrogen and oxygen atoms in total. The van der Waals surface area contributed by atoms with Crippen LogP contribution >= 0.6 is 11.3 Å². The molecule has 0 atom stereocenters. The van der Waals surface area contributed by atoms with Crippen LogP contribution in [0, 0.1) is 0 Å². The average molecular weight is 265 g/mol. The van der Waals surface area contributed by atoms with Crippen LogP contribution in [-0.2, 0) is 19.4 Å². The van der Waals surface area contributed by atoms with E-state index in [4.69, 9.17) is 4.42 Å². The summed E-state index contributed by atoms with van der Waals surface area (Å²) < 4.78 is 5.30. The van der Waals surface area contributed by atoms with Gasteiger partial charge >= 0.3 is 0 Å². The summed E-state index contributed by atoms with van der Waals surface area (Å²) in [5.41, 5.74) is 0.111. The molecule has 0 aromatic carbocycles. The van der Waals surface area contributed by atoms with E-state index in [1.165, 1.54) is 0 Å². The number of rotatable bonds is 5. The van der Waals surface area contributed by atoms with Crippen molar-refractivity contribution in [1.29, 1.82) is 0 Å². The molecule has 0 unspecified atom stereocenters. The van der Waals surface area contributed by atoms with E-state index in [2.05, 4.69) is 36.3 Å². The minimum absolute atomic E-state index is 0.111. The maximum atomic E-state index is 5.30. The minimum atomic E-state index is 0.111. The Morgan fingerprint density at radius 1 is 1.22 bits per heavy atom. The van der Waals surface area contributed by atoms with Crippen molar-refractivity contribution in [3.8, 4) is 0 Å². The number of nitrogens with zero attached hydrogens (tertiary/aromatic N) is 2. The van der Waals surface area contributed by atoms with Crippen LogP contribution in [0.25, 0.3) is 0 Å². The summed E-state index contributed by atoms with van der Waals surface area (Å²) in [5.74, 6) is 1.000. The van der Waals surface area contributed by atoms with Gasteiger partial charge in [-0.25, -0.2) is 0 Å². The molecule has 1 N–H and O–H groups in total. The SMILES string of the molecule is CC(C)(C)NCc1nnc(CCc2ccco2)s1. The highest BCUT2D eigenvalue weighted by Crippen LogP contribution is 2.14. The highest BCUT2D eigenvalue weighted by atomic mass is 32.1. The van der Waals surface area contributed by atoms with Gasteiger partial charge in [-0.05, 0) is 32.9 Å². The Morgan fingerprint density at radius 2 is 2.00 bits per heavy atom. The molecular weight excluding hydrogens is 246 g/mol. The molecule has 2 rings (SSSR count). The van der Waals surface area contributed by atoms with Crippen LogP contribution in [0.2, 0.25) is 0 Å². The number of aryl methyl sites for hydroxylation is 2. The lowest BCUT2D eigenvalue weighted by atomic mass is 10.1. The largest absolute Gasteiger partial charge is 0.469 e. The molecule has 0 aliphatic carbocycles. The van der Waals surface area contributed by atoms with Gasteiger partial charge in [0, 0.05) is 18.4 Å². The third kappa shape index (κ3) is 4.23. The van der Waals surface area contributed by atoms with E-state index < -0.39 is 0 Å². The van der Waals surface area contributed by atoms with Crippen molar-refractivity contribution < 1.29 is 4.42 Å². The van der Waals surface area contributed by atoms with Gasteiger partial charge in [0.25, 0.3) is 0 Å². The van der Waals surface area contributed by atoms with Gasteiger partial charge in [-0.3, -0.25) is 0 Å². The van der Waals surface area contributed by atoms with Gasteiger partial charge in [-0.15, -0.1) is 21.5 Å². The van der Waals surface area contributed by atoms with Gasteiger partial charge in [0.05, 0.1) is 12.8 Å². The standard InChI is InChI=1S/C13H19N3OS/c1-13(2,3)14-9-12-16-15-11(18-12)7-6-10-5-4-8-17-10/h4-5,8,14H,6-7,9H2,1-3H3. The molecule has 0 bridgehead atoms. The molecule has 0 spiro atoms. The van der Waals surface area contributed by atoms with Crippen LogP contribution in [0.4, 0.5) is 0 Å². The van der Waals surface area contributed by atoms with Crippen LogP contribution < -0.4 is 5.32 Å².